The van der Waals surface area contributed by atoms with Crippen LogP contribution >= 0.6 is 0 Å². The van der Waals surface area contributed by atoms with E-state index in [1.165, 1.54) is 12.1 Å². The Hall–Kier alpha value is -1.71. The molecule has 0 unspecified atom stereocenters. The van der Waals surface area contributed by atoms with Crippen molar-refractivity contribution in [3.8, 4) is 5.75 Å². The Bertz CT molecular complexity index is 572. The summed E-state index contributed by atoms with van der Waals surface area (Å²) >= 11 is 0. The summed E-state index contributed by atoms with van der Waals surface area (Å²) in [5.74, 6) is 0.243. The first-order valence-corrected chi connectivity index (χ1v) is 7.47. The Balaban J connectivity index is 2.33. The smallest absolute Gasteiger partial charge is 0.272 e. The predicted octanol–water partition coefficient (Wildman–Crippen LogP) is 0.587. The maximum atomic E-state index is 10.6. The third-order valence-corrected chi connectivity index (χ3v) is 3.11. The fraction of sp³-hybridized carbons (Fsp3) is 0.455. The zero-order chi connectivity index (χ0) is 15.2. The Morgan fingerprint density at radius 2 is 2.00 bits per heavy atom. The molecule has 0 saturated carbocycles. The molecule has 0 atom stereocenters. The summed E-state index contributed by atoms with van der Waals surface area (Å²) in [6.07, 6.45) is 0. The molecule has 0 aliphatic carbocycles. The predicted molar refractivity (Wildman–Crippen MR) is 72.1 cm³/mol. The van der Waals surface area contributed by atoms with Gasteiger partial charge in [-0.05, 0) is 19.1 Å². The SMILES string of the molecule is Cc1cc(OCCOCCS(N)(=O)=O)ccc1[N+](=O)[O-]. The molecular formula is C11H16N2O6S. The quantitative estimate of drug-likeness (QED) is 0.426. The number of sulfonamides is 1. The van der Waals surface area contributed by atoms with Crippen molar-refractivity contribution in [3.05, 3.63) is 33.9 Å². The molecule has 1 aromatic carbocycles. The molecule has 1 rings (SSSR count). The van der Waals surface area contributed by atoms with Crippen LogP contribution in [0.2, 0.25) is 0 Å². The van der Waals surface area contributed by atoms with E-state index >= 15 is 0 Å². The van der Waals surface area contributed by atoms with Crippen LogP contribution in [-0.2, 0) is 14.8 Å². The van der Waals surface area contributed by atoms with E-state index in [2.05, 4.69) is 0 Å². The van der Waals surface area contributed by atoms with Crippen LogP contribution in [0, 0.1) is 17.0 Å². The topological polar surface area (TPSA) is 122 Å². The highest BCUT2D eigenvalue weighted by atomic mass is 32.2. The Kier molecular flexibility index (Phi) is 5.86. The summed E-state index contributed by atoms with van der Waals surface area (Å²) < 4.78 is 31.6. The van der Waals surface area contributed by atoms with Gasteiger partial charge in [0.05, 0.1) is 23.9 Å². The van der Waals surface area contributed by atoms with Gasteiger partial charge >= 0.3 is 0 Å². The molecule has 0 aliphatic heterocycles. The lowest BCUT2D eigenvalue weighted by molar-refractivity contribution is -0.385. The Morgan fingerprint density at radius 3 is 2.55 bits per heavy atom. The lowest BCUT2D eigenvalue weighted by atomic mass is 10.2. The molecule has 1 aromatic rings. The number of nitrogens with two attached hydrogens (primary N) is 1. The molecule has 112 valence electrons. The van der Waals surface area contributed by atoms with E-state index < -0.39 is 14.9 Å². The van der Waals surface area contributed by atoms with Gasteiger partial charge in [0.15, 0.2) is 0 Å². The molecule has 20 heavy (non-hydrogen) atoms. The fourth-order valence-electron chi connectivity index (χ4n) is 1.42. The Labute approximate surface area is 116 Å². The average Bonchev–Trinajstić information content (AvgIpc) is 2.32. The van der Waals surface area contributed by atoms with Crippen molar-refractivity contribution in [1.29, 1.82) is 0 Å². The zero-order valence-corrected chi connectivity index (χ0v) is 11.8. The van der Waals surface area contributed by atoms with Gasteiger partial charge in [0.2, 0.25) is 10.0 Å². The minimum absolute atomic E-state index is 0.00147. The molecule has 0 aliphatic rings. The monoisotopic (exact) mass is 304 g/mol. The largest absolute Gasteiger partial charge is 0.491 e. The molecule has 0 spiro atoms. The molecule has 0 radical (unpaired) electrons. The summed E-state index contributed by atoms with van der Waals surface area (Å²) in [6.45, 7) is 2.03. The molecule has 0 heterocycles. The van der Waals surface area contributed by atoms with Gasteiger partial charge in [-0.1, -0.05) is 0 Å². The number of aryl methyl sites for hydroxylation is 1. The third-order valence-electron chi connectivity index (χ3n) is 2.37. The van der Waals surface area contributed by atoms with Gasteiger partial charge in [-0.3, -0.25) is 10.1 Å². The van der Waals surface area contributed by atoms with E-state index in [9.17, 15) is 18.5 Å². The summed E-state index contributed by atoms with van der Waals surface area (Å²) in [4.78, 5) is 10.2. The van der Waals surface area contributed by atoms with E-state index in [0.717, 1.165) is 0 Å². The van der Waals surface area contributed by atoms with Crippen molar-refractivity contribution in [3.63, 3.8) is 0 Å². The van der Waals surface area contributed by atoms with E-state index in [-0.39, 0.29) is 31.3 Å². The van der Waals surface area contributed by atoms with Crippen molar-refractivity contribution in [2.75, 3.05) is 25.6 Å². The lowest BCUT2D eigenvalue weighted by Crippen LogP contribution is -2.21. The highest BCUT2D eigenvalue weighted by Crippen LogP contribution is 2.22. The first-order valence-electron chi connectivity index (χ1n) is 5.75. The minimum atomic E-state index is -3.51. The first-order chi connectivity index (χ1) is 9.29. The summed E-state index contributed by atoms with van der Waals surface area (Å²) in [6, 6.07) is 4.42. The fourth-order valence-corrected chi connectivity index (χ4v) is 1.77. The molecule has 0 saturated heterocycles. The Morgan fingerprint density at radius 1 is 1.30 bits per heavy atom. The van der Waals surface area contributed by atoms with Gasteiger partial charge in [-0.15, -0.1) is 0 Å². The van der Waals surface area contributed by atoms with Crippen LogP contribution in [0.5, 0.6) is 5.75 Å². The number of nitrogens with zero attached hydrogens (tertiary/aromatic N) is 1. The molecule has 0 bridgehead atoms. The minimum Gasteiger partial charge on any atom is -0.491 e. The summed E-state index contributed by atoms with van der Waals surface area (Å²) in [5.41, 5.74) is 0.532. The number of rotatable bonds is 8. The third kappa shape index (κ3) is 5.95. The maximum Gasteiger partial charge on any atom is 0.272 e. The number of hydrogen-bond acceptors (Lipinski definition) is 6. The van der Waals surface area contributed by atoms with Crippen molar-refractivity contribution in [2.45, 2.75) is 6.92 Å². The second kappa shape index (κ2) is 7.17. The van der Waals surface area contributed by atoms with Gasteiger partial charge < -0.3 is 9.47 Å². The van der Waals surface area contributed by atoms with Crippen LogP contribution in [-0.4, -0.2) is 38.9 Å². The first kappa shape index (κ1) is 16.3. The van der Waals surface area contributed by atoms with Gasteiger partial charge in [-0.25, -0.2) is 13.6 Å². The molecule has 0 fully saturated rings. The second-order valence-electron chi connectivity index (χ2n) is 4.03. The lowest BCUT2D eigenvalue weighted by Gasteiger charge is -2.07. The van der Waals surface area contributed by atoms with Crippen LogP contribution in [0.4, 0.5) is 5.69 Å². The van der Waals surface area contributed by atoms with Crippen LogP contribution < -0.4 is 9.88 Å². The van der Waals surface area contributed by atoms with Gasteiger partial charge in [0, 0.05) is 11.6 Å². The molecule has 8 nitrogen and oxygen atoms in total. The summed E-state index contributed by atoms with van der Waals surface area (Å²) in [5, 5.41) is 15.4. The number of benzene rings is 1. The molecular weight excluding hydrogens is 288 g/mol. The van der Waals surface area contributed by atoms with E-state index in [1.807, 2.05) is 0 Å². The van der Waals surface area contributed by atoms with E-state index in [1.54, 1.807) is 13.0 Å². The average molecular weight is 304 g/mol. The standard InChI is InChI=1S/C11H16N2O6S/c1-9-8-10(2-3-11(9)13(14)15)19-5-4-18-6-7-20(12,16)17/h2-3,8H,4-7H2,1H3,(H2,12,16,17). The van der Waals surface area contributed by atoms with Crippen LogP contribution in [0.3, 0.4) is 0 Å². The van der Waals surface area contributed by atoms with Crippen LogP contribution in [0.15, 0.2) is 18.2 Å². The maximum absolute atomic E-state index is 10.6. The highest BCUT2D eigenvalue weighted by Gasteiger charge is 2.10. The molecule has 0 amide bonds. The normalized spacial score (nSPS) is 11.3. The molecule has 9 heteroatoms. The van der Waals surface area contributed by atoms with Crippen molar-refractivity contribution < 1.29 is 22.8 Å². The number of ether oxygens (including phenoxy) is 2. The van der Waals surface area contributed by atoms with Crippen LogP contribution in [0.25, 0.3) is 0 Å². The van der Waals surface area contributed by atoms with Gasteiger partial charge in [0.25, 0.3) is 5.69 Å². The van der Waals surface area contributed by atoms with Crippen LogP contribution in [0.1, 0.15) is 5.56 Å². The van der Waals surface area contributed by atoms with Gasteiger partial charge in [0.1, 0.15) is 12.4 Å². The summed E-state index contributed by atoms with van der Waals surface area (Å²) in [7, 11) is -3.51. The molecule has 2 N–H and O–H groups in total. The van der Waals surface area contributed by atoms with Crippen molar-refractivity contribution in [2.24, 2.45) is 5.14 Å². The van der Waals surface area contributed by atoms with E-state index in [0.29, 0.717) is 11.3 Å². The number of nitro groups is 1. The number of nitro benzene ring substituents is 1. The zero-order valence-electron chi connectivity index (χ0n) is 10.9. The van der Waals surface area contributed by atoms with Crippen molar-refractivity contribution in [1.82, 2.24) is 0 Å². The van der Waals surface area contributed by atoms with Gasteiger partial charge in [-0.2, -0.15) is 0 Å². The van der Waals surface area contributed by atoms with E-state index in [4.69, 9.17) is 14.6 Å². The number of primary sulfonamides is 1. The second-order valence-corrected chi connectivity index (χ2v) is 5.77. The van der Waals surface area contributed by atoms with Crippen molar-refractivity contribution >= 4 is 15.7 Å². The molecule has 0 aromatic heterocycles. The number of hydrogen-bond donors (Lipinski definition) is 1. The highest BCUT2D eigenvalue weighted by molar-refractivity contribution is 7.89.